The van der Waals surface area contributed by atoms with Gasteiger partial charge in [0.1, 0.15) is 0 Å². The summed E-state index contributed by atoms with van der Waals surface area (Å²) >= 11 is 0. The minimum absolute atomic E-state index is 0.164. The van der Waals surface area contributed by atoms with E-state index in [9.17, 15) is 9.59 Å². The van der Waals surface area contributed by atoms with Gasteiger partial charge in [-0.05, 0) is 68.7 Å². The lowest BCUT2D eigenvalue weighted by Crippen LogP contribution is -2.46. The molecule has 160 valence electrons. The molecule has 7 nitrogen and oxygen atoms in total. The second-order valence-corrected chi connectivity index (χ2v) is 9.22. The summed E-state index contributed by atoms with van der Waals surface area (Å²) in [4.78, 5) is 33.5. The van der Waals surface area contributed by atoms with Crippen molar-refractivity contribution < 1.29 is 14.0 Å². The van der Waals surface area contributed by atoms with Crippen LogP contribution in [0.3, 0.4) is 0 Å². The van der Waals surface area contributed by atoms with Crippen LogP contribution in [0.1, 0.15) is 49.1 Å². The number of pyridine rings is 1. The first-order chi connectivity index (χ1) is 14.6. The first-order valence-electron chi connectivity index (χ1n) is 11.2. The van der Waals surface area contributed by atoms with E-state index >= 15 is 0 Å². The number of carbonyl (C=O) groups excluding carboxylic acids is 2. The van der Waals surface area contributed by atoms with E-state index in [1.165, 1.54) is 19.3 Å². The Kier molecular flexibility index (Phi) is 5.23. The molecular weight excluding hydrogens is 380 g/mol. The van der Waals surface area contributed by atoms with E-state index in [1.54, 1.807) is 18.5 Å². The predicted octanol–water partition coefficient (Wildman–Crippen LogP) is 2.67. The molecule has 5 rings (SSSR count). The van der Waals surface area contributed by atoms with Crippen LogP contribution in [-0.4, -0.2) is 65.9 Å². The molecule has 2 saturated heterocycles. The lowest BCUT2D eigenvalue weighted by atomic mass is 9.90. The van der Waals surface area contributed by atoms with Crippen LogP contribution in [0.4, 0.5) is 0 Å². The zero-order valence-electron chi connectivity index (χ0n) is 17.4. The van der Waals surface area contributed by atoms with E-state index in [-0.39, 0.29) is 11.8 Å². The SMILES string of the molecule is O=C(NCC1CC12CCN(C(=O)CN1CCCCC1)CC2)c1cc2ccncc2o1. The van der Waals surface area contributed by atoms with Gasteiger partial charge in [-0.3, -0.25) is 19.5 Å². The predicted molar refractivity (Wildman–Crippen MR) is 113 cm³/mol. The molecule has 1 atom stereocenters. The molecule has 2 amide bonds. The summed E-state index contributed by atoms with van der Waals surface area (Å²) in [5.74, 6) is 0.969. The van der Waals surface area contributed by atoms with Crippen molar-refractivity contribution in [3.63, 3.8) is 0 Å². The normalized spacial score (nSPS) is 23.6. The monoisotopic (exact) mass is 410 g/mol. The van der Waals surface area contributed by atoms with Gasteiger partial charge in [-0.15, -0.1) is 0 Å². The Morgan fingerprint density at radius 3 is 2.73 bits per heavy atom. The third-order valence-corrected chi connectivity index (χ3v) is 7.33. The molecule has 7 heteroatoms. The van der Waals surface area contributed by atoms with Crippen LogP contribution in [0.25, 0.3) is 11.0 Å². The van der Waals surface area contributed by atoms with E-state index in [0.717, 1.165) is 50.8 Å². The van der Waals surface area contributed by atoms with Gasteiger partial charge in [0.15, 0.2) is 11.3 Å². The molecule has 4 heterocycles. The van der Waals surface area contributed by atoms with Crippen molar-refractivity contribution in [2.24, 2.45) is 11.3 Å². The van der Waals surface area contributed by atoms with Crippen molar-refractivity contribution in [3.05, 3.63) is 30.3 Å². The van der Waals surface area contributed by atoms with Gasteiger partial charge in [0, 0.05) is 31.2 Å². The van der Waals surface area contributed by atoms with Gasteiger partial charge in [-0.25, -0.2) is 0 Å². The molecule has 1 spiro atoms. The van der Waals surface area contributed by atoms with Crippen LogP contribution in [-0.2, 0) is 4.79 Å². The number of fused-ring (bicyclic) bond motifs is 1. The summed E-state index contributed by atoms with van der Waals surface area (Å²) in [6, 6.07) is 3.60. The summed E-state index contributed by atoms with van der Waals surface area (Å²) in [7, 11) is 0. The number of furan rings is 1. The maximum Gasteiger partial charge on any atom is 0.287 e. The smallest absolute Gasteiger partial charge is 0.287 e. The molecule has 1 unspecified atom stereocenters. The van der Waals surface area contributed by atoms with Crippen LogP contribution < -0.4 is 5.32 Å². The highest BCUT2D eigenvalue weighted by molar-refractivity contribution is 5.95. The molecule has 1 aliphatic carbocycles. The van der Waals surface area contributed by atoms with Gasteiger partial charge in [-0.2, -0.15) is 0 Å². The van der Waals surface area contributed by atoms with E-state index in [0.29, 0.717) is 35.8 Å². The number of nitrogens with zero attached hydrogens (tertiary/aromatic N) is 3. The molecular formula is C23H30N4O3. The number of aromatic nitrogens is 1. The Labute approximate surface area is 176 Å². The maximum atomic E-state index is 12.6. The van der Waals surface area contributed by atoms with Crippen molar-refractivity contribution >= 4 is 22.8 Å². The Balaban J connectivity index is 1.08. The second-order valence-electron chi connectivity index (χ2n) is 9.22. The number of nitrogens with one attached hydrogen (secondary N) is 1. The Hall–Kier alpha value is -2.41. The molecule has 2 aliphatic heterocycles. The topological polar surface area (TPSA) is 78.7 Å². The van der Waals surface area contributed by atoms with E-state index in [2.05, 4.69) is 20.1 Å². The fourth-order valence-corrected chi connectivity index (χ4v) is 5.24. The average molecular weight is 411 g/mol. The molecule has 0 radical (unpaired) electrons. The largest absolute Gasteiger partial charge is 0.449 e. The highest BCUT2D eigenvalue weighted by Gasteiger charge is 2.54. The number of hydrogen-bond donors (Lipinski definition) is 1. The fraction of sp³-hybridized carbons (Fsp3) is 0.609. The number of amides is 2. The molecule has 2 aromatic rings. The summed E-state index contributed by atoms with van der Waals surface area (Å²) in [5.41, 5.74) is 0.944. The summed E-state index contributed by atoms with van der Waals surface area (Å²) in [6.07, 6.45) is 10.3. The Morgan fingerprint density at radius 2 is 1.97 bits per heavy atom. The lowest BCUT2D eigenvalue weighted by molar-refractivity contribution is -0.134. The highest BCUT2D eigenvalue weighted by Crippen LogP contribution is 2.59. The molecule has 2 aromatic heterocycles. The minimum Gasteiger partial charge on any atom is -0.449 e. The second kappa shape index (κ2) is 8.02. The lowest BCUT2D eigenvalue weighted by Gasteiger charge is -2.35. The maximum absolute atomic E-state index is 12.6. The van der Waals surface area contributed by atoms with Crippen LogP contribution in [0.5, 0.6) is 0 Å². The van der Waals surface area contributed by atoms with Gasteiger partial charge in [0.25, 0.3) is 5.91 Å². The summed E-state index contributed by atoms with van der Waals surface area (Å²) < 4.78 is 5.60. The van der Waals surface area contributed by atoms with Crippen LogP contribution >= 0.6 is 0 Å². The molecule has 3 fully saturated rings. The zero-order valence-corrected chi connectivity index (χ0v) is 17.4. The molecule has 0 aromatic carbocycles. The van der Waals surface area contributed by atoms with Crippen LogP contribution in [0.2, 0.25) is 0 Å². The number of hydrogen-bond acceptors (Lipinski definition) is 5. The minimum atomic E-state index is -0.164. The number of carbonyl (C=O) groups is 2. The standard InChI is InChI=1S/C23H30N4O3/c28-21(16-26-8-2-1-3-9-26)27-10-5-23(6-11-27)13-18(23)14-25-22(29)19-12-17-4-7-24-15-20(17)30-19/h4,7,12,15,18H,1-3,5-6,8-11,13-14,16H2,(H,25,29). The van der Waals surface area contributed by atoms with Crippen molar-refractivity contribution in [1.29, 1.82) is 0 Å². The molecule has 1 N–H and O–H groups in total. The van der Waals surface area contributed by atoms with Crippen molar-refractivity contribution in [2.75, 3.05) is 39.3 Å². The van der Waals surface area contributed by atoms with E-state index in [1.807, 2.05) is 6.07 Å². The highest BCUT2D eigenvalue weighted by atomic mass is 16.3. The third-order valence-electron chi connectivity index (χ3n) is 7.33. The number of piperidine rings is 2. The number of likely N-dealkylation sites (tertiary alicyclic amines) is 2. The summed E-state index contributed by atoms with van der Waals surface area (Å²) in [5, 5.41) is 3.93. The van der Waals surface area contributed by atoms with Crippen LogP contribution in [0.15, 0.2) is 28.9 Å². The van der Waals surface area contributed by atoms with E-state index in [4.69, 9.17) is 4.42 Å². The van der Waals surface area contributed by atoms with Gasteiger partial charge in [-0.1, -0.05) is 6.42 Å². The first kappa shape index (κ1) is 19.5. The number of rotatable bonds is 5. The van der Waals surface area contributed by atoms with Gasteiger partial charge >= 0.3 is 0 Å². The first-order valence-corrected chi connectivity index (χ1v) is 11.2. The molecule has 0 bridgehead atoms. The zero-order chi connectivity index (χ0) is 20.6. The Bertz CT molecular complexity index is 892. The quantitative estimate of drug-likeness (QED) is 0.820. The van der Waals surface area contributed by atoms with E-state index < -0.39 is 0 Å². The van der Waals surface area contributed by atoms with Gasteiger partial charge in [0.05, 0.1) is 12.7 Å². The van der Waals surface area contributed by atoms with Crippen molar-refractivity contribution in [3.8, 4) is 0 Å². The fourth-order valence-electron chi connectivity index (χ4n) is 5.24. The van der Waals surface area contributed by atoms with Gasteiger partial charge < -0.3 is 14.6 Å². The molecule has 1 saturated carbocycles. The van der Waals surface area contributed by atoms with Crippen LogP contribution in [0, 0.1) is 11.3 Å². The Morgan fingerprint density at radius 1 is 1.17 bits per heavy atom. The molecule has 3 aliphatic rings. The average Bonchev–Trinajstić information content (AvgIpc) is 3.25. The van der Waals surface area contributed by atoms with Gasteiger partial charge in [0.2, 0.25) is 5.91 Å². The summed E-state index contributed by atoms with van der Waals surface area (Å²) in [6.45, 7) is 5.09. The molecule has 30 heavy (non-hydrogen) atoms. The van der Waals surface area contributed by atoms with Crippen molar-refractivity contribution in [2.45, 2.75) is 38.5 Å². The van der Waals surface area contributed by atoms with Crippen molar-refractivity contribution in [1.82, 2.24) is 20.1 Å². The third kappa shape index (κ3) is 3.95.